The number of piperidine rings is 1. The Kier molecular flexibility index (Phi) is 7.13. The minimum Gasteiger partial charge on any atom is -0.473 e. The highest BCUT2D eigenvalue weighted by molar-refractivity contribution is 6.27. The van der Waals surface area contributed by atoms with Crippen molar-refractivity contribution >= 4 is 17.6 Å². The summed E-state index contributed by atoms with van der Waals surface area (Å²) in [7, 11) is 0. The maximum atomic E-state index is 9.10. The molecule has 7 heteroatoms. The van der Waals surface area contributed by atoms with E-state index in [1.165, 1.54) is 77.1 Å². The number of likely N-dealkylation sites (tertiary alicyclic amines) is 1. The summed E-state index contributed by atoms with van der Waals surface area (Å²) in [6.45, 7) is 7.59. The normalized spacial score (nSPS) is 29.4. The molecule has 2 saturated heterocycles. The molecule has 0 radical (unpaired) electrons. The number of piperazine rings is 1. The number of nitrogens with zero attached hydrogens (tertiary/aromatic N) is 3. The van der Waals surface area contributed by atoms with Crippen LogP contribution in [0.15, 0.2) is 30.3 Å². The summed E-state index contributed by atoms with van der Waals surface area (Å²) in [6, 6.07) is 12.7. The van der Waals surface area contributed by atoms with Crippen LogP contribution in [0.5, 0.6) is 0 Å². The van der Waals surface area contributed by atoms with E-state index in [0.29, 0.717) is 0 Å². The molecule has 170 valence electrons. The molecule has 2 aliphatic carbocycles. The Labute approximate surface area is 184 Å². The highest BCUT2D eigenvalue weighted by Crippen LogP contribution is 2.47. The lowest BCUT2D eigenvalue weighted by Gasteiger charge is -2.45. The Morgan fingerprint density at radius 1 is 0.742 bits per heavy atom. The first kappa shape index (κ1) is 22.1. The summed E-state index contributed by atoms with van der Waals surface area (Å²) >= 11 is 0. The van der Waals surface area contributed by atoms with Crippen molar-refractivity contribution in [2.75, 3.05) is 44.2 Å². The molecule has 2 N–H and O–H groups in total. The van der Waals surface area contributed by atoms with Crippen LogP contribution < -0.4 is 4.90 Å². The van der Waals surface area contributed by atoms with Crippen LogP contribution in [-0.2, 0) is 9.59 Å². The van der Waals surface area contributed by atoms with Crippen molar-refractivity contribution in [1.82, 2.24) is 9.80 Å². The molecule has 4 fully saturated rings. The van der Waals surface area contributed by atoms with E-state index in [2.05, 4.69) is 45.0 Å². The number of carboxylic acids is 2. The van der Waals surface area contributed by atoms with Gasteiger partial charge in [0.05, 0.1) is 0 Å². The first-order valence-corrected chi connectivity index (χ1v) is 11.8. The summed E-state index contributed by atoms with van der Waals surface area (Å²) in [5.74, 6) is -1.51. The average molecular weight is 430 g/mol. The number of hydrogen-bond acceptors (Lipinski definition) is 5. The fourth-order valence-corrected chi connectivity index (χ4v) is 6.23. The number of rotatable bonds is 3. The molecule has 0 amide bonds. The lowest BCUT2D eigenvalue weighted by Crippen LogP contribution is -2.54. The van der Waals surface area contributed by atoms with Crippen molar-refractivity contribution in [1.29, 1.82) is 0 Å². The SMILES string of the molecule is O=C(O)C(=O)O.c1ccc(N2CCN(C3CCN(C4CC5CCC4C5)CC3)CC2)cc1. The monoisotopic (exact) mass is 429 g/mol. The van der Waals surface area contributed by atoms with Crippen molar-refractivity contribution in [3.8, 4) is 0 Å². The van der Waals surface area contributed by atoms with Crippen LogP contribution in [0.4, 0.5) is 5.69 Å². The molecule has 2 aliphatic heterocycles. The average Bonchev–Trinajstić information content (AvgIpc) is 3.44. The first-order valence-electron chi connectivity index (χ1n) is 11.8. The zero-order valence-electron chi connectivity index (χ0n) is 18.2. The number of carboxylic acid groups (broad SMARTS) is 2. The van der Waals surface area contributed by atoms with Crippen LogP contribution in [0.1, 0.15) is 38.5 Å². The van der Waals surface area contributed by atoms with E-state index in [0.717, 1.165) is 23.9 Å². The second-order valence-electron chi connectivity index (χ2n) is 9.48. The number of fused-ring (bicyclic) bond motifs is 2. The second-order valence-corrected chi connectivity index (χ2v) is 9.48. The number of benzene rings is 1. The quantitative estimate of drug-likeness (QED) is 0.715. The summed E-state index contributed by atoms with van der Waals surface area (Å²) in [6.07, 6.45) is 8.93. The van der Waals surface area contributed by atoms with E-state index in [9.17, 15) is 0 Å². The molecule has 2 heterocycles. The Hall–Kier alpha value is -2.12. The third-order valence-electron chi connectivity index (χ3n) is 7.80. The van der Waals surface area contributed by atoms with Crippen molar-refractivity contribution in [2.24, 2.45) is 11.8 Å². The fraction of sp³-hybridized carbons (Fsp3) is 0.667. The lowest BCUT2D eigenvalue weighted by atomic mass is 9.91. The van der Waals surface area contributed by atoms with Gasteiger partial charge < -0.3 is 15.1 Å². The molecule has 7 nitrogen and oxygen atoms in total. The van der Waals surface area contributed by atoms with Gasteiger partial charge in [0.15, 0.2) is 0 Å². The van der Waals surface area contributed by atoms with Crippen LogP contribution in [0.25, 0.3) is 0 Å². The van der Waals surface area contributed by atoms with E-state index < -0.39 is 11.9 Å². The fourth-order valence-electron chi connectivity index (χ4n) is 6.23. The maximum absolute atomic E-state index is 9.10. The van der Waals surface area contributed by atoms with E-state index in [1.807, 2.05) is 0 Å². The summed E-state index contributed by atoms with van der Waals surface area (Å²) < 4.78 is 0. The van der Waals surface area contributed by atoms with Gasteiger partial charge in [-0.1, -0.05) is 24.6 Å². The van der Waals surface area contributed by atoms with E-state index >= 15 is 0 Å². The van der Waals surface area contributed by atoms with E-state index in [-0.39, 0.29) is 0 Å². The molecule has 4 aliphatic rings. The number of hydrogen-bond donors (Lipinski definition) is 2. The predicted molar refractivity (Wildman–Crippen MR) is 119 cm³/mol. The van der Waals surface area contributed by atoms with Crippen molar-refractivity contribution in [3.63, 3.8) is 0 Å². The zero-order chi connectivity index (χ0) is 21.8. The highest BCUT2D eigenvalue weighted by Gasteiger charge is 2.43. The zero-order valence-corrected chi connectivity index (χ0v) is 18.2. The van der Waals surface area contributed by atoms with E-state index in [4.69, 9.17) is 19.8 Å². The minimum absolute atomic E-state index is 0.841. The Morgan fingerprint density at radius 2 is 1.39 bits per heavy atom. The molecule has 31 heavy (non-hydrogen) atoms. The van der Waals surface area contributed by atoms with Crippen LogP contribution in [-0.4, -0.2) is 83.3 Å². The third-order valence-corrected chi connectivity index (χ3v) is 7.80. The van der Waals surface area contributed by atoms with Crippen molar-refractivity contribution in [3.05, 3.63) is 30.3 Å². The van der Waals surface area contributed by atoms with Crippen LogP contribution in [0.2, 0.25) is 0 Å². The molecule has 3 unspecified atom stereocenters. The molecule has 2 bridgehead atoms. The smallest absolute Gasteiger partial charge is 0.414 e. The van der Waals surface area contributed by atoms with Crippen molar-refractivity contribution in [2.45, 2.75) is 50.6 Å². The van der Waals surface area contributed by atoms with Gasteiger partial charge in [-0.05, 0) is 69.2 Å². The van der Waals surface area contributed by atoms with Gasteiger partial charge in [-0.2, -0.15) is 0 Å². The molecule has 1 aromatic carbocycles. The summed E-state index contributed by atoms with van der Waals surface area (Å²) in [5, 5.41) is 14.8. The number of aliphatic carboxylic acids is 2. The second kappa shape index (κ2) is 10.0. The molecule has 3 atom stereocenters. The van der Waals surface area contributed by atoms with Crippen LogP contribution in [0, 0.1) is 11.8 Å². The molecular weight excluding hydrogens is 394 g/mol. The molecule has 0 spiro atoms. The summed E-state index contributed by atoms with van der Waals surface area (Å²) in [5.41, 5.74) is 1.40. The molecule has 1 aromatic rings. The standard InChI is InChI=1S/C22H33N3.C2H2O4/c1-2-4-20(5-3-1)23-12-14-24(15-13-23)21-8-10-25(11-9-21)22-17-18-6-7-19(22)16-18;3-1(4)2(5)6/h1-5,18-19,21-22H,6-17H2;(H,3,4)(H,5,6). The minimum atomic E-state index is -1.82. The van der Waals surface area contributed by atoms with Gasteiger partial charge in [-0.25, -0.2) is 9.59 Å². The van der Waals surface area contributed by atoms with E-state index in [1.54, 1.807) is 6.42 Å². The van der Waals surface area contributed by atoms with Crippen molar-refractivity contribution < 1.29 is 19.8 Å². The highest BCUT2D eigenvalue weighted by atomic mass is 16.4. The van der Waals surface area contributed by atoms with Gasteiger partial charge in [-0.15, -0.1) is 0 Å². The van der Waals surface area contributed by atoms with Gasteiger partial charge in [0.2, 0.25) is 0 Å². The topological polar surface area (TPSA) is 84.3 Å². The van der Waals surface area contributed by atoms with Gasteiger partial charge in [-0.3, -0.25) is 9.80 Å². The van der Waals surface area contributed by atoms with Gasteiger partial charge in [0, 0.05) is 44.0 Å². The molecule has 5 rings (SSSR count). The Balaban J connectivity index is 0.000000342. The molecule has 0 aromatic heterocycles. The van der Waals surface area contributed by atoms with Crippen LogP contribution in [0.3, 0.4) is 0 Å². The molecular formula is C24H35N3O4. The molecule has 2 saturated carbocycles. The largest absolute Gasteiger partial charge is 0.473 e. The predicted octanol–water partition coefficient (Wildman–Crippen LogP) is 2.62. The van der Waals surface area contributed by atoms with Crippen LogP contribution >= 0.6 is 0 Å². The third kappa shape index (κ3) is 5.39. The maximum Gasteiger partial charge on any atom is 0.414 e. The van der Waals surface area contributed by atoms with Gasteiger partial charge in [0.25, 0.3) is 0 Å². The number of anilines is 1. The first-order chi connectivity index (χ1) is 15.0. The lowest BCUT2D eigenvalue weighted by molar-refractivity contribution is -0.159. The number of carbonyl (C=O) groups is 2. The Bertz CT molecular complexity index is 730. The Morgan fingerprint density at radius 3 is 1.90 bits per heavy atom. The van der Waals surface area contributed by atoms with Gasteiger partial charge in [0.1, 0.15) is 0 Å². The van der Waals surface area contributed by atoms with Gasteiger partial charge >= 0.3 is 11.9 Å². The summed E-state index contributed by atoms with van der Waals surface area (Å²) in [4.78, 5) is 26.4. The number of para-hydroxylation sites is 1.